The summed E-state index contributed by atoms with van der Waals surface area (Å²) in [6.45, 7) is 3.27. The minimum absolute atomic E-state index is 0.130. The summed E-state index contributed by atoms with van der Waals surface area (Å²) in [4.78, 5) is 15.6. The number of fused-ring (bicyclic) bond motifs is 2. The Balaban J connectivity index is 1.43. The lowest BCUT2D eigenvalue weighted by atomic mass is 9.74. The summed E-state index contributed by atoms with van der Waals surface area (Å²) in [5.41, 5.74) is 2.87. The van der Waals surface area contributed by atoms with E-state index in [4.69, 9.17) is 23.2 Å². The molecule has 0 bridgehead atoms. The number of carboxylic acid groups (broad SMARTS) is 1. The largest absolute Gasteiger partial charge is 0.465 e. The van der Waals surface area contributed by atoms with Gasteiger partial charge >= 0.3 is 6.09 Å². The molecule has 0 radical (unpaired) electrons. The summed E-state index contributed by atoms with van der Waals surface area (Å²) in [6.07, 6.45) is 5.24. The van der Waals surface area contributed by atoms with Gasteiger partial charge in [-0.15, -0.1) is 0 Å². The zero-order valence-corrected chi connectivity index (χ0v) is 17.0. The van der Waals surface area contributed by atoms with Crippen molar-refractivity contribution in [2.75, 3.05) is 31.1 Å². The van der Waals surface area contributed by atoms with Gasteiger partial charge in [0.2, 0.25) is 0 Å². The highest BCUT2D eigenvalue weighted by atomic mass is 35.5. The van der Waals surface area contributed by atoms with Gasteiger partial charge in [-0.05, 0) is 67.4 Å². The molecule has 1 fully saturated rings. The van der Waals surface area contributed by atoms with Gasteiger partial charge < -0.3 is 5.11 Å². The first-order valence-electron chi connectivity index (χ1n) is 9.42. The van der Waals surface area contributed by atoms with Crippen LogP contribution in [0, 0.1) is 0 Å². The van der Waals surface area contributed by atoms with Crippen LogP contribution in [-0.2, 0) is 5.41 Å². The lowest BCUT2D eigenvalue weighted by molar-refractivity contribution is 0.174. The molecule has 0 atom stereocenters. The third kappa shape index (κ3) is 3.77. The molecule has 6 heteroatoms. The fourth-order valence-electron chi connectivity index (χ4n) is 4.31. The average molecular weight is 417 g/mol. The molecule has 2 aromatic rings. The summed E-state index contributed by atoms with van der Waals surface area (Å²) in [7, 11) is 0. The van der Waals surface area contributed by atoms with Crippen molar-refractivity contribution in [2.24, 2.45) is 0 Å². The van der Waals surface area contributed by atoms with E-state index in [-0.39, 0.29) is 5.41 Å². The zero-order chi connectivity index (χ0) is 19.7. The molecule has 2 aliphatic heterocycles. The van der Waals surface area contributed by atoms with Crippen LogP contribution in [0.25, 0.3) is 6.08 Å². The van der Waals surface area contributed by atoms with Crippen molar-refractivity contribution in [3.05, 3.63) is 69.7 Å². The molecule has 1 N–H and O–H groups in total. The Morgan fingerprint density at radius 3 is 2.43 bits per heavy atom. The smallest absolute Gasteiger partial charge is 0.411 e. The van der Waals surface area contributed by atoms with Gasteiger partial charge in [-0.25, -0.2) is 4.79 Å². The minimum atomic E-state index is -0.895. The second-order valence-electron chi connectivity index (χ2n) is 7.57. The van der Waals surface area contributed by atoms with Gasteiger partial charge in [0.25, 0.3) is 0 Å². The molecular formula is C22H22Cl2N2O2. The molecule has 0 unspecified atom stereocenters. The number of piperidine rings is 1. The number of hydrogen-bond donors (Lipinski definition) is 1. The van der Waals surface area contributed by atoms with Crippen LogP contribution < -0.4 is 4.90 Å². The maximum absolute atomic E-state index is 11.7. The van der Waals surface area contributed by atoms with Gasteiger partial charge in [0, 0.05) is 28.5 Å². The number of benzene rings is 2. The zero-order valence-electron chi connectivity index (χ0n) is 15.4. The average Bonchev–Trinajstić information content (AvgIpc) is 2.99. The molecule has 4 nitrogen and oxygen atoms in total. The molecule has 2 aliphatic rings. The summed E-state index contributed by atoms with van der Waals surface area (Å²) >= 11 is 12.1. The van der Waals surface area contributed by atoms with E-state index < -0.39 is 6.09 Å². The molecule has 0 aliphatic carbocycles. The van der Waals surface area contributed by atoms with Crippen molar-refractivity contribution in [3.8, 4) is 0 Å². The molecule has 4 rings (SSSR count). The molecule has 1 spiro atoms. The number of likely N-dealkylation sites (tertiary alicyclic amines) is 1. The normalized spacial score (nSPS) is 18.7. The molecule has 28 heavy (non-hydrogen) atoms. The second-order valence-corrected chi connectivity index (χ2v) is 8.44. The van der Waals surface area contributed by atoms with Crippen molar-refractivity contribution in [2.45, 2.75) is 18.3 Å². The molecule has 0 aromatic heterocycles. The Kier molecular flexibility index (Phi) is 5.37. The van der Waals surface area contributed by atoms with Crippen LogP contribution in [0.15, 0.2) is 48.5 Å². The molecule has 1 saturated heterocycles. The predicted octanol–water partition coefficient (Wildman–Crippen LogP) is 5.54. The van der Waals surface area contributed by atoms with E-state index in [0.717, 1.165) is 54.3 Å². The fourth-order valence-corrected chi connectivity index (χ4v) is 4.61. The molecule has 146 valence electrons. The van der Waals surface area contributed by atoms with E-state index in [1.54, 1.807) is 6.07 Å². The Hall–Kier alpha value is -2.01. The number of rotatable bonds is 3. The van der Waals surface area contributed by atoms with E-state index in [1.165, 1.54) is 4.90 Å². The Bertz CT molecular complexity index is 903. The van der Waals surface area contributed by atoms with Crippen molar-refractivity contribution < 1.29 is 9.90 Å². The molecule has 2 aromatic carbocycles. The van der Waals surface area contributed by atoms with Crippen molar-refractivity contribution in [1.82, 2.24) is 4.90 Å². The molecule has 1 amide bonds. The third-order valence-electron chi connectivity index (χ3n) is 5.87. The van der Waals surface area contributed by atoms with E-state index in [9.17, 15) is 9.90 Å². The summed E-state index contributed by atoms with van der Waals surface area (Å²) < 4.78 is 0. The predicted molar refractivity (Wildman–Crippen MR) is 115 cm³/mol. The fraction of sp³-hybridized carbons (Fsp3) is 0.318. The number of nitrogens with zero attached hydrogens (tertiary/aromatic N) is 2. The quantitative estimate of drug-likeness (QED) is 0.713. The van der Waals surface area contributed by atoms with Crippen molar-refractivity contribution >= 4 is 41.1 Å². The number of halogens is 2. The highest BCUT2D eigenvalue weighted by molar-refractivity contribution is 6.31. The first kappa shape index (κ1) is 19.3. The van der Waals surface area contributed by atoms with E-state index >= 15 is 0 Å². The molecular weight excluding hydrogens is 395 g/mol. The Morgan fingerprint density at radius 2 is 1.75 bits per heavy atom. The van der Waals surface area contributed by atoms with Crippen LogP contribution in [0.4, 0.5) is 10.5 Å². The second kappa shape index (κ2) is 7.78. The Morgan fingerprint density at radius 1 is 1.07 bits per heavy atom. The van der Waals surface area contributed by atoms with Crippen molar-refractivity contribution in [1.29, 1.82) is 0 Å². The van der Waals surface area contributed by atoms with Crippen LogP contribution in [0.5, 0.6) is 0 Å². The minimum Gasteiger partial charge on any atom is -0.465 e. The first-order chi connectivity index (χ1) is 13.5. The van der Waals surface area contributed by atoms with E-state index in [2.05, 4.69) is 17.1 Å². The highest BCUT2D eigenvalue weighted by Gasteiger charge is 2.46. The van der Waals surface area contributed by atoms with Gasteiger partial charge in [-0.3, -0.25) is 9.80 Å². The SMILES string of the molecule is O=C(O)N1CC2(CCN(C/C=C/c3ccc(Cl)cc3)CC2)c2cc(Cl)ccc21. The lowest BCUT2D eigenvalue weighted by Gasteiger charge is -2.39. The number of anilines is 1. The Labute approximate surface area is 175 Å². The monoisotopic (exact) mass is 416 g/mol. The summed E-state index contributed by atoms with van der Waals surface area (Å²) in [5, 5.41) is 11.0. The van der Waals surface area contributed by atoms with Crippen LogP contribution >= 0.6 is 23.2 Å². The van der Waals surface area contributed by atoms with E-state index in [0.29, 0.717) is 11.6 Å². The van der Waals surface area contributed by atoms with Crippen LogP contribution in [0.1, 0.15) is 24.0 Å². The van der Waals surface area contributed by atoms with Gasteiger partial charge in [-0.1, -0.05) is 47.5 Å². The summed E-state index contributed by atoms with van der Waals surface area (Å²) in [6, 6.07) is 13.3. The van der Waals surface area contributed by atoms with Crippen LogP contribution in [0.3, 0.4) is 0 Å². The van der Waals surface area contributed by atoms with Gasteiger partial charge in [-0.2, -0.15) is 0 Å². The van der Waals surface area contributed by atoms with Crippen molar-refractivity contribution in [3.63, 3.8) is 0 Å². The molecule has 0 saturated carbocycles. The van der Waals surface area contributed by atoms with Gasteiger partial charge in [0.05, 0.1) is 5.69 Å². The van der Waals surface area contributed by atoms with Crippen LogP contribution in [-0.4, -0.2) is 42.3 Å². The third-order valence-corrected chi connectivity index (χ3v) is 6.36. The number of hydrogen-bond acceptors (Lipinski definition) is 2. The van der Waals surface area contributed by atoms with Gasteiger partial charge in [0.15, 0.2) is 0 Å². The van der Waals surface area contributed by atoms with Gasteiger partial charge in [0.1, 0.15) is 0 Å². The summed E-state index contributed by atoms with van der Waals surface area (Å²) in [5.74, 6) is 0. The number of carbonyl (C=O) groups is 1. The maximum Gasteiger partial charge on any atom is 0.411 e. The first-order valence-corrected chi connectivity index (χ1v) is 10.2. The molecule has 2 heterocycles. The van der Waals surface area contributed by atoms with Crippen LogP contribution in [0.2, 0.25) is 10.0 Å². The van der Waals surface area contributed by atoms with E-state index in [1.807, 2.05) is 36.4 Å². The standard InChI is InChI=1S/C22H22Cl2N2O2/c23-17-5-3-16(4-6-17)2-1-11-25-12-9-22(10-13-25)15-26(21(27)28)20-8-7-18(24)14-19(20)22/h1-8,14H,9-13,15H2,(H,27,28)/b2-1+. The topological polar surface area (TPSA) is 43.8 Å². The number of amides is 1. The lowest BCUT2D eigenvalue weighted by Crippen LogP contribution is -2.45. The highest BCUT2D eigenvalue weighted by Crippen LogP contribution is 2.47. The maximum atomic E-state index is 11.7.